The first kappa shape index (κ1) is 14.1. The molecule has 0 spiro atoms. The van der Waals surface area contributed by atoms with Gasteiger partial charge in [-0.25, -0.2) is 0 Å². The highest BCUT2D eigenvalue weighted by atomic mass is 19.4. The molecule has 0 amide bonds. The number of hydrogen-bond donors (Lipinski definition) is 1. The van der Waals surface area contributed by atoms with Gasteiger partial charge in [0.2, 0.25) is 0 Å². The number of hydrogen-bond acceptors (Lipinski definition) is 1. The van der Waals surface area contributed by atoms with Crippen LogP contribution in [0.15, 0.2) is 48.5 Å². The van der Waals surface area contributed by atoms with Gasteiger partial charge in [-0.05, 0) is 35.6 Å². The molecule has 2 unspecified atom stereocenters. The third-order valence-electron chi connectivity index (χ3n) is 4.06. The van der Waals surface area contributed by atoms with Gasteiger partial charge >= 0.3 is 6.18 Å². The molecule has 0 aromatic heterocycles. The van der Waals surface area contributed by atoms with Crippen molar-refractivity contribution in [2.45, 2.75) is 31.0 Å². The first-order valence-electron chi connectivity index (χ1n) is 6.87. The lowest BCUT2D eigenvalue weighted by Crippen LogP contribution is -2.30. The van der Waals surface area contributed by atoms with Crippen molar-refractivity contribution >= 4 is 0 Å². The Morgan fingerprint density at radius 1 is 1.10 bits per heavy atom. The van der Waals surface area contributed by atoms with Crippen LogP contribution in [0, 0.1) is 0 Å². The first-order chi connectivity index (χ1) is 9.95. The lowest BCUT2D eigenvalue weighted by Gasteiger charge is -2.34. The molecule has 0 saturated carbocycles. The molecule has 0 heterocycles. The molecule has 2 atom stereocenters. The lowest BCUT2D eigenvalue weighted by atomic mass is 9.73. The maximum absolute atomic E-state index is 12.7. The quantitative estimate of drug-likeness (QED) is 0.908. The molecular weight excluding hydrogens is 277 g/mol. The summed E-state index contributed by atoms with van der Waals surface area (Å²) in [5, 5.41) is 10.3. The molecule has 1 aliphatic carbocycles. The predicted molar refractivity (Wildman–Crippen MR) is 74.0 cm³/mol. The normalized spacial score (nSPS) is 18.8. The van der Waals surface area contributed by atoms with Crippen molar-refractivity contribution in [3.05, 3.63) is 70.8 Å². The van der Waals surface area contributed by atoms with Crippen molar-refractivity contribution in [3.63, 3.8) is 0 Å². The van der Waals surface area contributed by atoms with E-state index in [0.29, 0.717) is 5.56 Å². The molecule has 3 rings (SSSR count). The molecule has 21 heavy (non-hydrogen) atoms. The Hall–Kier alpha value is -1.81. The highest BCUT2D eigenvalue weighted by molar-refractivity contribution is 5.41. The van der Waals surface area contributed by atoms with Crippen LogP contribution < -0.4 is 0 Å². The molecule has 2 aromatic carbocycles. The Balaban J connectivity index is 1.73. The summed E-state index contributed by atoms with van der Waals surface area (Å²) < 4.78 is 38.0. The van der Waals surface area contributed by atoms with E-state index in [-0.39, 0.29) is 12.3 Å². The highest BCUT2D eigenvalue weighted by Crippen LogP contribution is 2.38. The maximum atomic E-state index is 12.7. The maximum Gasteiger partial charge on any atom is 0.416 e. The first-order valence-corrected chi connectivity index (χ1v) is 6.87. The molecule has 1 aliphatic rings. The molecular formula is C17H15F3O. The summed E-state index contributed by atoms with van der Waals surface area (Å²) in [5.41, 5.74) is 2.17. The second-order valence-corrected chi connectivity index (χ2v) is 5.48. The minimum Gasteiger partial charge on any atom is -0.392 e. The fourth-order valence-corrected chi connectivity index (χ4v) is 2.90. The van der Waals surface area contributed by atoms with Crippen LogP contribution in [-0.2, 0) is 19.0 Å². The number of aliphatic hydroxyl groups is 1. The van der Waals surface area contributed by atoms with E-state index in [1.54, 1.807) is 6.07 Å². The van der Waals surface area contributed by atoms with E-state index < -0.39 is 17.8 Å². The van der Waals surface area contributed by atoms with Crippen molar-refractivity contribution in [1.29, 1.82) is 0 Å². The van der Waals surface area contributed by atoms with E-state index in [2.05, 4.69) is 0 Å². The summed E-state index contributed by atoms with van der Waals surface area (Å²) in [7, 11) is 0. The second-order valence-electron chi connectivity index (χ2n) is 5.48. The molecule has 1 nitrogen and oxygen atoms in total. The van der Waals surface area contributed by atoms with Gasteiger partial charge in [-0.3, -0.25) is 0 Å². The summed E-state index contributed by atoms with van der Waals surface area (Å²) in [6.45, 7) is 0. The molecule has 0 radical (unpaired) electrons. The van der Waals surface area contributed by atoms with Crippen molar-refractivity contribution in [2.75, 3.05) is 0 Å². The van der Waals surface area contributed by atoms with Crippen molar-refractivity contribution < 1.29 is 18.3 Å². The lowest BCUT2D eigenvalue weighted by molar-refractivity contribution is -0.137. The zero-order chi connectivity index (χ0) is 15.0. The molecule has 1 N–H and O–H groups in total. The van der Waals surface area contributed by atoms with Crippen LogP contribution in [0.25, 0.3) is 0 Å². The van der Waals surface area contributed by atoms with Gasteiger partial charge in [-0.1, -0.05) is 42.5 Å². The molecule has 0 fully saturated rings. The summed E-state index contributed by atoms with van der Waals surface area (Å²) >= 11 is 0. The van der Waals surface area contributed by atoms with Gasteiger partial charge in [0, 0.05) is 5.92 Å². The highest BCUT2D eigenvalue weighted by Gasteiger charge is 2.33. The molecule has 4 heteroatoms. The van der Waals surface area contributed by atoms with Crippen molar-refractivity contribution in [3.8, 4) is 0 Å². The van der Waals surface area contributed by atoms with E-state index >= 15 is 0 Å². The number of aliphatic hydroxyl groups excluding tert-OH is 1. The number of alkyl halides is 3. The minimum absolute atomic E-state index is 0.0238. The van der Waals surface area contributed by atoms with Crippen LogP contribution in [-0.4, -0.2) is 11.2 Å². The van der Waals surface area contributed by atoms with E-state index in [0.717, 1.165) is 24.1 Å². The van der Waals surface area contributed by atoms with Crippen molar-refractivity contribution in [1.82, 2.24) is 0 Å². The minimum atomic E-state index is -4.34. The van der Waals surface area contributed by atoms with Gasteiger partial charge in [0.1, 0.15) is 0 Å². The number of benzene rings is 2. The van der Waals surface area contributed by atoms with Crippen LogP contribution in [0.1, 0.15) is 28.2 Å². The number of halogens is 3. The fourth-order valence-electron chi connectivity index (χ4n) is 2.90. The number of fused-ring (bicyclic) bond motifs is 1. The zero-order valence-corrected chi connectivity index (χ0v) is 11.3. The average Bonchev–Trinajstić information content (AvgIpc) is 2.39. The molecule has 110 valence electrons. The summed E-state index contributed by atoms with van der Waals surface area (Å²) in [6, 6.07) is 13.0. The average molecular weight is 292 g/mol. The summed E-state index contributed by atoms with van der Waals surface area (Å²) in [5.74, 6) is 0.0238. The Bertz CT molecular complexity index is 648. The molecule has 0 aliphatic heterocycles. The van der Waals surface area contributed by atoms with Crippen molar-refractivity contribution in [2.24, 2.45) is 0 Å². The summed E-state index contributed by atoms with van der Waals surface area (Å²) in [6.07, 6.45) is -3.97. The Labute approximate surface area is 121 Å². The van der Waals surface area contributed by atoms with Crippen LogP contribution >= 0.6 is 0 Å². The van der Waals surface area contributed by atoms with E-state index in [1.807, 2.05) is 24.3 Å². The van der Waals surface area contributed by atoms with Gasteiger partial charge < -0.3 is 5.11 Å². The molecule has 0 saturated heterocycles. The Morgan fingerprint density at radius 2 is 1.86 bits per heavy atom. The van der Waals surface area contributed by atoms with Crippen LogP contribution in [0.4, 0.5) is 13.2 Å². The van der Waals surface area contributed by atoms with Gasteiger partial charge in [-0.15, -0.1) is 0 Å². The topological polar surface area (TPSA) is 20.2 Å². The van der Waals surface area contributed by atoms with Gasteiger partial charge in [0.05, 0.1) is 11.7 Å². The van der Waals surface area contributed by atoms with Crippen LogP contribution in [0.5, 0.6) is 0 Å². The SMILES string of the molecule is OC(Cc1cccc(C(F)(F)F)c1)C1Cc2ccccc21. The predicted octanol–water partition coefficient (Wildman–Crippen LogP) is 3.95. The Kier molecular flexibility index (Phi) is 3.49. The van der Waals surface area contributed by atoms with E-state index in [4.69, 9.17) is 0 Å². The smallest absolute Gasteiger partial charge is 0.392 e. The standard InChI is InChI=1S/C17H15F3O/c18-17(19,20)13-6-3-4-11(8-13)9-16(21)15-10-12-5-1-2-7-14(12)15/h1-8,15-16,21H,9-10H2. The Morgan fingerprint density at radius 3 is 2.57 bits per heavy atom. The van der Waals surface area contributed by atoms with Gasteiger partial charge in [0.25, 0.3) is 0 Å². The van der Waals surface area contributed by atoms with Gasteiger partial charge in [-0.2, -0.15) is 13.2 Å². The largest absolute Gasteiger partial charge is 0.416 e. The number of rotatable bonds is 3. The van der Waals surface area contributed by atoms with Gasteiger partial charge in [0.15, 0.2) is 0 Å². The van der Waals surface area contributed by atoms with E-state index in [9.17, 15) is 18.3 Å². The summed E-state index contributed by atoms with van der Waals surface area (Å²) in [4.78, 5) is 0. The molecule has 2 aromatic rings. The third kappa shape index (κ3) is 2.81. The zero-order valence-electron chi connectivity index (χ0n) is 11.3. The molecule has 0 bridgehead atoms. The van der Waals surface area contributed by atoms with Crippen LogP contribution in [0.3, 0.4) is 0 Å². The fraction of sp³-hybridized carbons (Fsp3) is 0.294. The van der Waals surface area contributed by atoms with E-state index in [1.165, 1.54) is 11.6 Å². The second kappa shape index (κ2) is 5.19. The third-order valence-corrected chi connectivity index (χ3v) is 4.06. The van der Waals surface area contributed by atoms with Crippen LogP contribution in [0.2, 0.25) is 0 Å². The monoisotopic (exact) mass is 292 g/mol.